The number of nitrogens with one attached hydrogen (secondary N) is 4. The number of benzene rings is 1. The van der Waals surface area contributed by atoms with Crippen LogP contribution >= 0.6 is 0 Å². The smallest absolute Gasteiger partial charge is 0.243 e. The monoisotopic (exact) mass is 645 g/mol. The van der Waals surface area contributed by atoms with Gasteiger partial charge in [0, 0.05) is 26.2 Å². The molecule has 0 spiro atoms. The lowest BCUT2D eigenvalue weighted by Crippen LogP contribution is -2.58. The van der Waals surface area contributed by atoms with Crippen LogP contribution in [0.15, 0.2) is 45.3 Å². The number of rotatable bonds is 21. The maximum Gasteiger partial charge on any atom is 0.243 e. The lowest BCUT2D eigenvalue weighted by atomic mass is 10.0. The van der Waals surface area contributed by atoms with Crippen LogP contribution in [-0.4, -0.2) is 85.8 Å². The fourth-order valence-electron chi connectivity index (χ4n) is 4.24. The third-order valence-corrected chi connectivity index (χ3v) is 6.56. The molecule has 0 aliphatic rings. The summed E-state index contributed by atoms with van der Waals surface area (Å²) in [6.07, 6.45) is 1.77. The molecule has 0 radical (unpaired) electrons. The second-order valence-corrected chi connectivity index (χ2v) is 10.9. The van der Waals surface area contributed by atoms with E-state index in [9.17, 15) is 19.2 Å². The van der Waals surface area contributed by atoms with Gasteiger partial charge in [0.15, 0.2) is 17.9 Å². The lowest BCUT2D eigenvalue weighted by molar-refractivity contribution is -0.134. The molecule has 0 aliphatic carbocycles. The van der Waals surface area contributed by atoms with Gasteiger partial charge in [0.2, 0.25) is 23.6 Å². The number of amides is 4. The largest absolute Gasteiger partial charge is 0.370 e. The van der Waals surface area contributed by atoms with Gasteiger partial charge in [0.25, 0.3) is 0 Å². The van der Waals surface area contributed by atoms with Crippen LogP contribution in [0.5, 0.6) is 0 Å². The van der Waals surface area contributed by atoms with Crippen LogP contribution in [0.1, 0.15) is 51.5 Å². The standard InChI is InChI=1S/C29H51N13O4/c1-18(2)23(26(46)41-20(11-6-13-37-27(30)31)24(44)36-15-8-16-39-29(34)35)42-25(45)21(12-7-14-38-28(32)33)40-22(43)17-19-9-4-3-5-10-19/h3-5,9-10,18,20-21,23H,6-8,11-17H2,1-2H3,(H,36,44)(H,40,43)(H,41,46)(H,42,45)(H4,30,31,37)(H4,32,33,38)(H4,34,35,39)/t20-,21-,23-/m0/s1. The highest BCUT2D eigenvalue weighted by molar-refractivity contribution is 5.94. The average molecular weight is 646 g/mol. The molecular formula is C29H51N13O4. The zero-order valence-corrected chi connectivity index (χ0v) is 26.7. The molecular weight excluding hydrogens is 594 g/mol. The van der Waals surface area contributed by atoms with Crippen molar-refractivity contribution < 1.29 is 19.2 Å². The van der Waals surface area contributed by atoms with Crippen molar-refractivity contribution in [3.05, 3.63) is 35.9 Å². The van der Waals surface area contributed by atoms with Gasteiger partial charge in [0.05, 0.1) is 6.42 Å². The van der Waals surface area contributed by atoms with E-state index < -0.39 is 35.8 Å². The van der Waals surface area contributed by atoms with Crippen LogP contribution in [0.4, 0.5) is 0 Å². The van der Waals surface area contributed by atoms with E-state index >= 15 is 0 Å². The first kappa shape index (κ1) is 38.9. The van der Waals surface area contributed by atoms with Crippen LogP contribution in [0.2, 0.25) is 0 Å². The molecule has 1 aromatic carbocycles. The Morgan fingerprint density at radius 1 is 0.652 bits per heavy atom. The van der Waals surface area contributed by atoms with Gasteiger partial charge in [-0.25, -0.2) is 0 Å². The van der Waals surface area contributed by atoms with Crippen LogP contribution < -0.4 is 55.7 Å². The van der Waals surface area contributed by atoms with Gasteiger partial charge in [0.1, 0.15) is 18.1 Å². The zero-order valence-electron chi connectivity index (χ0n) is 26.7. The van der Waals surface area contributed by atoms with Gasteiger partial charge in [-0.05, 0) is 43.6 Å². The Labute approximate surface area is 269 Å². The third kappa shape index (κ3) is 17.3. The number of carbonyl (C=O) groups is 4. The van der Waals surface area contributed by atoms with Crippen molar-refractivity contribution in [1.82, 2.24) is 21.3 Å². The SMILES string of the molecule is CC(C)[C@H](NC(=O)[C@H](CCCN=C(N)N)NC(=O)Cc1ccccc1)C(=O)N[C@@H](CCCN=C(N)N)C(=O)NCCCN=C(N)N. The van der Waals surface area contributed by atoms with E-state index in [1.165, 1.54) is 0 Å². The highest BCUT2D eigenvalue weighted by Crippen LogP contribution is 2.08. The molecule has 4 amide bonds. The predicted octanol–water partition coefficient (Wildman–Crippen LogP) is -2.77. The van der Waals surface area contributed by atoms with Crippen LogP contribution in [0.3, 0.4) is 0 Å². The molecule has 3 atom stereocenters. The summed E-state index contributed by atoms with van der Waals surface area (Å²) in [6, 6.07) is 6.15. The van der Waals surface area contributed by atoms with Crippen LogP contribution in [0, 0.1) is 5.92 Å². The first-order valence-electron chi connectivity index (χ1n) is 15.2. The lowest BCUT2D eigenvalue weighted by Gasteiger charge is -2.27. The number of aliphatic imine (C=N–C) groups is 3. The van der Waals surface area contributed by atoms with Crippen LogP contribution in [0.25, 0.3) is 0 Å². The molecule has 46 heavy (non-hydrogen) atoms. The topological polar surface area (TPSA) is 310 Å². The van der Waals surface area contributed by atoms with Gasteiger partial charge in [-0.15, -0.1) is 0 Å². The summed E-state index contributed by atoms with van der Waals surface area (Å²) in [4.78, 5) is 64.6. The molecule has 0 saturated heterocycles. The van der Waals surface area contributed by atoms with Gasteiger partial charge in [-0.3, -0.25) is 34.2 Å². The number of nitrogens with two attached hydrogens (primary N) is 6. The molecule has 17 heteroatoms. The molecule has 0 fully saturated rings. The zero-order chi connectivity index (χ0) is 34.5. The highest BCUT2D eigenvalue weighted by atomic mass is 16.2. The van der Waals surface area contributed by atoms with E-state index in [4.69, 9.17) is 34.4 Å². The number of hydrogen-bond donors (Lipinski definition) is 10. The minimum absolute atomic E-state index is 0.0512. The maximum atomic E-state index is 13.5. The summed E-state index contributed by atoms with van der Waals surface area (Å²) in [5, 5.41) is 11.0. The summed E-state index contributed by atoms with van der Waals surface area (Å²) < 4.78 is 0. The first-order chi connectivity index (χ1) is 21.8. The fourth-order valence-corrected chi connectivity index (χ4v) is 4.24. The quantitative estimate of drug-likeness (QED) is 0.0372. The van der Waals surface area contributed by atoms with Crippen molar-refractivity contribution in [2.24, 2.45) is 55.3 Å². The van der Waals surface area contributed by atoms with Crippen molar-refractivity contribution in [3.8, 4) is 0 Å². The summed E-state index contributed by atoms with van der Waals surface area (Å²) in [7, 11) is 0. The van der Waals surface area contributed by atoms with E-state index in [1.807, 2.05) is 18.2 Å². The Morgan fingerprint density at radius 3 is 1.65 bits per heavy atom. The second-order valence-electron chi connectivity index (χ2n) is 10.9. The summed E-state index contributed by atoms with van der Waals surface area (Å²) >= 11 is 0. The summed E-state index contributed by atoms with van der Waals surface area (Å²) in [5.41, 5.74) is 33.0. The number of hydrogen-bond acceptors (Lipinski definition) is 7. The fraction of sp³-hybridized carbons (Fsp3) is 0.552. The van der Waals surface area contributed by atoms with E-state index in [-0.39, 0.29) is 68.6 Å². The molecule has 0 heterocycles. The third-order valence-electron chi connectivity index (χ3n) is 6.56. The van der Waals surface area contributed by atoms with E-state index in [0.717, 1.165) is 5.56 Å². The Hall–Kier alpha value is -5.09. The minimum atomic E-state index is -1.02. The molecule has 1 aromatic rings. The summed E-state index contributed by atoms with van der Waals surface area (Å²) in [6.45, 7) is 4.59. The maximum absolute atomic E-state index is 13.5. The Balaban J connectivity index is 3.02. The second kappa shape index (κ2) is 21.6. The molecule has 0 bridgehead atoms. The van der Waals surface area contributed by atoms with E-state index in [0.29, 0.717) is 25.8 Å². The van der Waals surface area contributed by atoms with Crippen molar-refractivity contribution in [3.63, 3.8) is 0 Å². The van der Waals surface area contributed by atoms with E-state index in [1.54, 1.807) is 26.0 Å². The normalized spacial score (nSPS) is 12.5. The van der Waals surface area contributed by atoms with Crippen molar-refractivity contribution in [2.75, 3.05) is 26.2 Å². The molecule has 256 valence electrons. The van der Waals surface area contributed by atoms with Gasteiger partial charge in [-0.1, -0.05) is 44.2 Å². The molecule has 0 unspecified atom stereocenters. The molecule has 1 rings (SSSR count). The number of carbonyl (C=O) groups excluding carboxylic acids is 4. The average Bonchev–Trinajstić information content (AvgIpc) is 2.98. The Kier molecular flexibility index (Phi) is 18.3. The van der Waals surface area contributed by atoms with Crippen molar-refractivity contribution in [1.29, 1.82) is 0 Å². The molecule has 17 nitrogen and oxygen atoms in total. The molecule has 0 aliphatic heterocycles. The molecule has 0 aromatic heterocycles. The summed E-state index contributed by atoms with van der Waals surface area (Å²) in [5.74, 6) is -2.51. The van der Waals surface area contributed by atoms with Gasteiger partial charge >= 0.3 is 0 Å². The number of nitrogens with zero attached hydrogens (tertiary/aromatic N) is 3. The first-order valence-corrected chi connectivity index (χ1v) is 15.2. The number of guanidine groups is 3. The molecule has 0 saturated carbocycles. The van der Waals surface area contributed by atoms with E-state index in [2.05, 4.69) is 36.2 Å². The van der Waals surface area contributed by atoms with Crippen molar-refractivity contribution in [2.45, 2.75) is 70.5 Å². The van der Waals surface area contributed by atoms with Gasteiger partial charge < -0.3 is 55.7 Å². The van der Waals surface area contributed by atoms with Gasteiger partial charge in [-0.2, -0.15) is 0 Å². The predicted molar refractivity (Wildman–Crippen MR) is 179 cm³/mol. The Morgan fingerprint density at radius 2 is 1.15 bits per heavy atom. The minimum Gasteiger partial charge on any atom is -0.370 e. The highest BCUT2D eigenvalue weighted by Gasteiger charge is 2.31. The van der Waals surface area contributed by atoms with Crippen LogP contribution in [-0.2, 0) is 25.6 Å². The Bertz CT molecular complexity index is 1190. The van der Waals surface area contributed by atoms with Crippen molar-refractivity contribution >= 4 is 41.5 Å². The molecule has 16 N–H and O–H groups in total.